The quantitative estimate of drug-likeness (QED) is 0.658. The SMILES string of the molecule is NC(=O)C1CC[NH+](CC(=O)N2CCN(c3ncccn3)CC2)CC1. The number of primary amides is 1. The van der Waals surface area contributed by atoms with Gasteiger partial charge in [-0.1, -0.05) is 0 Å². The van der Waals surface area contributed by atoms with Crippen molar-refractivity contribution in [3.63, 3.8) is 0 Å². The molecule has 24 heavy (non-hydrogen) atoms. The first-order valence-corrected chi connectivity index (χ1v) is 8.56. The van der Waals surface area contributed by atoms with E-state index >= 15 is 0 Å². The second-order valence-corrected chi connectivity index (χ2v) is 6.52. The summed E-state index contributed by atoms with van der Waals surface area (Å²) in [7, 11) is 0. The Kier molecular flexibility index (Phi) is 5.24. The third kappa shape index (κ3) is 4.00. The van der Waals surface area contributed by atoms with Gasteiger partial charge in [-0.3, -0.25) is 9.59 Å². The number of aromatic nitrogens is 2. The van der Waals surface area contributed by atoms with Crippen molar-refractivity contribution in [3.05, 3.63) is 18.5 Å². The summed E-state index contributed by atoms with van der Waals surface area (Å²) in [4.78, 5) is 37.5. The van der Waals surface area contributed by atoms with Crippen LogP contribution in [0, 0.1) is 5.92 Å². The number of piperazine rings is 1. The fraction of sp³-hybridized carbons (Fsp3) is 0.625. The number of carbonyl (C=O) groups excluding carboxylic acids is 2. The summed E-state index contributed by atoms with van der Waals surface area (Å²) in [5.74, 6) is 0.692. The van der Waals surface area contributed by atoms with Crippen LogP contribution in [0.5, 0.6) is 0 Å². The van der Waals surface area contributed by atoms with Crippen LogP contribution >= 0.6 is 0 Å². The Hall–Kier alpha value is -2.22. The first kappa shape index (κ1) is 16.6. The molecule has 3 N–H and O–H groups in total. The molecule has 2 saturated heterocycles. The van der Waals surface area contributed by atoms with Gasteiger partial charge in [0.2, 0.25) is 11.9 Å². The first-order valence-electron chi connectivity index (χ1n) is 8.56. The Morgan fingerprint density at radius 2 is 1.75 bits per heavy atom. The summed E-state index contributed by atoms with van der Waals surface area (Å²) in [5, 5.41) is 0. The largest absolute Gasteiger partial charge is 0.369 e. The molecule has 130 valence electrons. The van der Waals surface area contributed by atoms with Gasteiger partial charge in [0, 0.05) is 57.3 Å². The van der Waals surface area contributed by atoms with Gasteiger partial charge >= 0.3 is 0 Å². The highest BCUT2D eigenvalue weighted by Crippen LogP contribution is 2.10. The normalized spacial score (nSPS) is 24.7. The minimum atomic E-state index is -0.209. The summed E-state index contributed by atoms with van der Waals surface area (Å²) < 4.78 is 0. The number of nitrogens with one attached hydrogen (secondary N) is 1. The molecule has 2 fully saturated rings. The molecule has 1 aromatic heterocycles. The lowest BCUT2D eigenvalue weighted by Crippen LogP contribution is -3.14. The van der Waals surface area contributed by atoms with Crippen LogP contribution in [0.4, 0.5) is 5.95 Å². The van der Waals surface area contributed by atoms with Gasteiger partial charge in [-0.25, -0.2) is 9.97 Å². The molecule has 0 bridgehead atoms. The van der Waals surface area contributed by atoms with Gasteiger partial charge in [0.1, 0.15) is 0 Å². The molecule has 2 amide bonds. The van der Waals surface area contributed by atoms with Gasteiger partial charge in [-0.2, -0.15) is 0 Å². The van der Waals surface area contributed by atoms with Crippen LogP contribution in [0.15, 0.2) is 18.5 Å². The predicted molar refractivity (Wildman–Crippen MR) is 88.3 cm³/mol. The lowest BCUT2D eigenvalue weighted by molar-refractivity contribution is -0.898. The van der Waals surface area contributed by atoms with E-state index in [1.165, 1.54) is 4.90 Å². The molecule has 3 heterocycles. The van der Waals surface area contributed by atoms with E-state index in [1.54, 1.807) is 18.5 Å². The minimum absolute atomic E-state index is 0.0155. The van der Waals surface area contributed by atoms with E-state index in [0.717, 1.165) is 45.0 Å². The predicted octanol–water partition coefficient (Wildman–Crippen LogP) is -2.09. The fourth-order valence-electron chi connectivity index (χ4n) is 3.42. The van der Waals surface area contributed by atoms with Crippen LogP contribution < -0.4 is 15.5 Å². The summed E-state index contributed by atoms with van der Waals surface area (Å²) in [6, 6.07) is 1.80. The van der Waals surface area contributed by atoms with Gasteiger partial charge in [-0.05, 0) is 6.07 Å². The Morgan fingerprint density at radius 3 is 2.33 bits per heavy atom. The third-order valence-corrected chi connectivity index (χ3v) is 4.96. The number of hydrogen-bond acceptors (Lipinski definition) is 5. The third-order valence-electron chi connectivity index (χ3n) is 4.96. The van der Waals surface area contributed by atoms with Crippen molar-refractivity contribution >= 4 is 17.8 Å². The van der Waals surface area contributed by atoms with Crippen molar-refractivity contribution in [2.45, 2.75) is 12.8 Å². The number of nitrogens with zero attached hydrogens (tertiary/aromatic N) is 4. The molecule has 0 unspecified atom stereocenters. The van der Waals surface area contributed by atoms with Crippen LogP contribution in [0.25, 0.3) is 0 Å². The van der Waals surface area contributed by atoms with Crippen molar-refractivity contribution in [2.24, 2.45) is 11.7 Å². The number of piperidine rings is 1. The van der Waals surface area contributed by atoms with Gasteiger partial charge in [0.15, 0.2) is 6.54 Å². The van der Waals surface area contributed by atoms with E-state index in [1.807, 2.05) is 4.90 Å². The molecule has 0 spiro atoms. The number of anilines is 1. The lowest BCUT2D eigenvalue weighted by Gasteiger charge is -2.35. The molecule has 3 rings (SSSR count). The number of carbonyl (C=O) groups is 2. The molecule has 8 nitrogen and oxygen atoms in total. The van der Waals surface area contributed by atoms with Crippen molar-refractivity contribution in [3.8, 4) is 0 Å². The summed E-state index contributed by atoms with van der Waals surface area (Å²) >= 11 is 0. The Balaban J connectivity index is 1.43. The summed E-state index contributed by atoms with van der Waals surface area (Å²) in [6.45, 7) is 5.12. The zero-order valence-electron chi connectivity index (χ0n) is 13.9. The summed E-state index contributed by atoms with van der Waals surface area (Å²) in [5.41, 5.74) is 5.35. The van der Waals surface area contributed by atoms with Gasteiger partial charge < -0.3 is 20.4 Å². The zero-order chi connectivity index (χ0) is 16.9. The topological polar surface area (TPSA) is 96.9 Å². The Labute approximate surface area is 141 Å². The maximum Gasteiger partial charge on any atom is 0.277 e. The highest BCUT2D eigenvalue weighted by molar-refractivity contribution is 5.78. The second kappa shape index (κ2) is 7.57. The monoisotopic (exact) mass is 333 g/mol. The molecule has 0 radical (unpaired) electrons. The number of likely N-dealkylation sites (tertiary alicyclic amines) is 1. The average Bonchev–Trinajstić information content (AvgIpc) is 2.63. The number of amides is 2. The summed E-state index contributed by atoms with van der Waals surface area (Å²) in [6.07, 6.45) is 5.05. The average molecular weight is 333 g/mol. The van der Waals surface area contributed by atoms with Crippen LogP contribution in [-0.4, -0.2) is 72.5 Å². The molecular weight excluding hydrogens is 308 g/mol. The molecule has 2 aliphatic rings. The molecule has 1 aromatic rings. The van der Waals surface area contributed by atoms with Crippen LogP contribution in [0.1, 0.15) is 12.8 Å². The van der Waals surface area contributed by atoms with Crippen LogP contribution in [0.3, 0.4) is 0 Å². The standard InChI is InChI=1S/C16H24N6O2/c17-15(24)13-2-6-20(7-3-13)12-14(23)21-8-10-22(11-9-21)16-18-4-1-5-19-16/h1,4-5,13H,2-3,6-12H2,(H2,17,24)/p+1. The maximum absolute atomic E-state index is 12.5. The van der Waals surface area contributed by atoms with Crippen LogP contribution in [0.2, 0.25) is 0 Å². The van der Waals surface area contributed by atoms with E-state index in [9.17, 15) is 9.59 Å². The molecule has 8 heteroatoms. The molecule has 0 atom stereocenters. The van der Waals surface area contributed by atoms with E-state index < -0.39 is 0 Å². The molecule has 0 aliphatic carbocycles. The van der Waals surface area contributed by atoms with E-state index in [0.29, 0.717) is 19.6 Å². The van der Waals surface area contributed by atoms with Crippen molar-refractivity contribution in [1.29, 1.82) is 0 Å². The second-order valence-electron chi connectivity index (χ2n) is 6.52. The maximum atomic E-state index is 12.5. The van der Waals surface area contributed by atoms with Crippen molar-refractivity contribution < 1.29 is 14.5 Å². The molecule has 0 aromatic carbocycles. The molecular formula is C16H25N6O2+. The minimum Gasteiger partial charge on any atom is -0.369 e. The number of rotatable bonds is 4. The van der Waals surface area contributed by atoms with Crippen LogP contribution in [-0.2, 0) is 9.59 Å². The highest BCUT2D eigenvalue weighted by atomic mass is 16.2. The highest BCUT2D eigenvalue weighted by Gasteiger charge is 2.29. The number of nitrogens with two attached hydrogens (primary N) is 1. The smallest absolute Gasteiger partial charge is 0.277 e. The van der Waals surface area contributed by atoms with Gasteiger partial charge in [0.25, 0.3) is 5.91 Å². The Bertz CT molecular complexity index is 565. The van der Waals surface area contributed by atoms with Gasteiger partial charge in [0.05, 0.1) is 13.1 Å². The van der Waals surface area contributed by atoms with Crippen molar-refractivity contribution in [1.82, 2.24) is 14.9 Å². The Morgan fingerprint density at radius 1 is 1.12 bits per heavy atom. The number of hydrogen-bond donors (Lipinski definition) is 2. The zero-order valence-corrected chi connectivity index (χ0v) is 13.9. The lowest BCUT2D eigenvalue weighted by atomic mass is 9.96. The molecule has 0 saturated carbocycles. The van der Waals surface area contributed by atoms with Crippen molar-refractivity contribution in [2.75, 3.05) is 50.7 Å². The van der Waals surface area contributed by atoms with E-state index in [2.05, 4.69) is 14.9 Å². The first-order chi connectivity index (χ1) is 11.6. The fourth-order valence-corrected chi connectivity index (χ4v) is 3.42. The molecule has 2 aliphatic heterocycles. The van der Waals surface area contributed by atoms with E-state index in [4.69, 9.17) is 5.73 Å². The van der Waals surface area contributed by atoms with Gasteiger partial charge in [-0.15, -0.1) is 0 Å². The number of quaternary nitrogens is 1. The van der Waals surface area contributed by atoms with E-state index in [-0.39, 0.29) is 17.7 Å².